The SMILES string of the molecule is FC1(F)C[C@@]2(CCNC2)Oc2ccccc21. The lowest BCUT2D eigenvalue weighted by Gasteiger charge is -2.39. The molecule has 16 heavy (non-hydrogen) atoms. The second kappa shape index (κ2) is 3.17. The predicted octanol–water partition coefficient (Wildman–Crippen LogP) is 2.29. The van der Waals surface area contributed by atoms with Gasteiger partial charge < -0.3 is 10.1 Å². The molecule has 3 rings (SSSR count). The predicted molar refractivity (Wildman–Crippen MR) is 55.8 cm³/mol. The molecule has 2 aliphatic heterocycles. The lowest BCUT2D eigenvalue weighted by atomic mass is 9.87. The van der Waals surface area contributed by atoms with Crippen molar-refractivity contribution < 1.29 is 13.5 Å². The standard InChI is InChI=1S/C12H13F2NO/c13-12(14)7-11(5-6-15-8-11)16-10-4-2-1-3-9(10)12/h1-4,15H,5-8H2/t11-/m1/s1. The Kier molecular flexibility index (Phi) is 1.98. The maximum absolute atomic E-state index is 14.0. The molecule has 0 unspecified atom stereocenters. The van der Waals surface area contributed by atoms with Crippen molar-refractivity contribution in [3.63, 3.8) is 0 Å². The highest BCUT2D eigenvalue weighted by Crippen LogP contribution is 2.48. The maximum Gasteiger partial charge on any atom is 0.280 e. The first-order chi connectivity index (χ1) is 7.61. The number of halogens is 2. The zero-order valence-electron chi connectivity index (χ0n) is 8.80. The van der Waals surface area contributed by atoms with E-state index < -0.39 is 11.5 Å². The summed E-state index contributed by atoms with van der Waals surface area (Å²) in [5.41, 5.74) is -0.690. The van der Waals surface area contributed by atoms with Crippen molar-refractivity contribution >= 4 is 0 Å². The topological polar surface area (TPSA) is 21.3 Å². The highest BCUT2D eigenvalue weighted by molar-refractivity contribution is 5.40. The molecule has 86 valence electrons. The molecule has 2 nitrogen and oxygen atoms in total. The van der Waals surface area contributed by atoms with Gasteiger partial charge in [0.25, 0.3) is 5.92 Å². The van der Waals surface area contributed by atoms with Gasteiger partial charge in [-0.25, -0.2) is 8.78 Å². The Bertz CT molecular complexity index is 413. The molecule has 4 heteroatoms. The number of nitrogens with one attached hydrogen (secondary N) is 1. The third-order valence-electron chi connectivity index (χ3n) is 3.36. The largest absolute Gasteiger partial charge is 0.485 e. The van der Waals surface area contributed by atoms with Gasteiger partial charge in [-0.1, -0.05) is 12.1 Å². The molecule has 1 aromatic carbocycles. The van der Waals surface area contributed by atoms with Crippen LogP contribution in [0.5, 0.6) is 5.75 Å². The van der Waals surface area contributed by atoms with E-state index in [-0.39, 0.29) is 12.0 Å². The highest BCUT2D eigenvalue weighted by atomic mass is 19.3. The van der Waals surface area contributed by atoms with Gasteiger partial charge in [0.2, 0.25) is 0 Å². The van der Waals surface area contributed by atoms with Crippen LogP contribution in [0.4, 0.5) is 8.78 Å². The van der Waals surface area contributed by atoms with E-state index >= 15 is 0 Å². The van der Waals surface area contributed by atoms with Crippen LogP contribution in [-0.4, -0.2) is 18.7 Å². The minimum Gasteiger partial charge on any atom is -0.485 e. The van der Waals surface area contributed by atoms with Crippen LogP contribution in [0.1, 0.15) is 18.4 Å². The smallest absolute Gasteiger partial charge is 0.280 e. The van der Waals surface area contributed by atoms with Gasteiger partial charge in [-0.05, 0) is 18.7 Å². The third-order valence-corrected chi connectivity index (χ3v) is 3.36. The Morgan fingerprint density at radius 2 is 2.06 bits per heavy atom. The van der Waals surface area contributed by atoms with Gasteiger partial charge in [0.1, 0.15) is 11.4 Å². The van der Waals surface area contributed by atoms with Gasteiger partial charge in [-0.2, -0.15) is 0 Å². The van der Waals surface area contributed by atoms with Crippen LogP contribution in [0.2, 0.25) is 0 Å². The van der Waals surface area contributed by atoms with Crippen LogP contribution >= 0.6 is 0 Å². The molecule has 2 aliphatic rings. The average Bonchev–Trinajstić information content (AvgIpc) is 2.65. The molecular formula is C12H13F2NO. The number of fused-ring (bicyclic) bond motifs is 1. The number of benzene rings is 1. The first-order valence-electron chi connectivity index (χ1n) is 5.48. The fraction of sp³-hybridized carbons (Fsp3) is 0.500. The number of ether oxygens (including phenoxy) is 1. The van der Waals surface area contributed by atoms with Crippen molar-refractivity contribution in [1.29, 1.82) is 0 Å². The summed E-state index contributed by atoms with van der Waals surface area (Å²) in [6.07, 6.45) is 0.431. The van der Waals surface area contributed by atoms with E-state index in [0.29, 0.717) is 18.7 Å². The fourth-order valence-corrected chi connectivity index (χ4v) is 2.59. The molecule has 1 fully saturated rings. The van der Waals surface area contributed by atoms with Crippen molar-refractivity contribution in [2.24, 2.45) is 0 Å². The van der Waals surface area contributed by atoms with E-state index in [9.17, 15) is 8.78 Å². The summed E-state index contributed by atoms with van der Waals surface area (Å²) in [4.78, 5) is 0. The van der Waals surface area contributed by atoms with E-state index in [2.05, 4.69) is 5.32 Å². The fourth-order valence-electron chi connectivity index (χ4n) is 2.59. The first kappa shape index (κ1) is 10.0. The van der Waals surface area contributed by atoms with Crippen molar-refractivity contribution in [3.05, 3.63) is 29.8 Å². The van der Waals surface area contributed by atoms with Crippen LogP contribution in [-0.2, 0) is 5.92 Å². The summed E-state index contributed by atoms with van der Waals surface area (Å²) in [6.45, 7) is 1.26. The van der Waals surface area contributed by atoms with E-state index in [1.807, 2.05) is 0 Å². The summed E-state index contributed by atoms with van der Waals surface area (Å²) < 4.78 is 33.7. The van der Waals surface area contributed by atoms with Gasteiger partial charge >= 0.3 is 0 Å². The van der Waals surface area contributed by atoms with E-state index in [0.717, 1.165) is 6.54 Å². The van der Waals surface area contributed by atoms with E-state index in [4.69, 9.17) is 4.74 Å². The lowest BCUT2D eigenvalue weighted by Crippen LogP contribution is -2.46. The number of hydrogen-bond acceptors (Lipinski definition) is 2. The van der Waals surface area contributed by atoms with Crippen LogP contribution in [0.25, 0.3) is 0 Å². The lowest BCUT2D eigenvalue weighted by molar-refractivity contribution is -0.0990. The molecule has 2 heterocycles. The van der Waals surface area contributed by atoms with E-state index in [1.54, 1.807) is 18.2 Å². The Hall–Kier alpha value is -1.16. The van der Waals surface area contributed by atoms with Gasteiger partial charge in [0.05, 0.1) is 12.0 Å². The zero-order valence-corrected chi connectivity index (χ0v) is 8.80. The van der Waals surface area contributed by atoms with Gasteiger partial charge in [-0.3, -0.25) is 0 Å². The molecule has 1 N–H and O–H groups in total. The van der Waals surface area contributed by atoms with Crippen molar-refractivity contribution in [2.75, 3.05) is 13.1 Å². The van der Waals surface area contributed by atoms with Gasteiger partial charge in [0.15, 0.2) is 0 Å². The summed E-state index contributed by atoms with van der Waals surface area (Å²) in [5, 5.41) is 3.09. The normalized spacial score (nSPS) is 31.1. The number of rotatable bonds is 0. The monoisotopic (exact) mass is 225 g/mol. The van der Waals surface area contributed by atoms with Crippen LogP contribution < -0.4 is 10.1 Å². The second-order valence-corrected chi connectivity index (χ2v) is 4.59. The molecule has 0 bridgehead atoms. The van der Waals surface area contributed by atoms with Crippen molar-refractivity contribution in [2.45, 2.75) is 24.4 Å². The Morgan fingerprint density at radius 1 is 1.25 bits per heavy atom. The minimum absolute atomic E-state index is 0.0209. The molecule has 0 amide bonds. The van der Waals surface area contributed by atoms with Crippen LogP contribution in [0.15, 0.2) is 24.3 Å². The summed E-state index contributed by atoms with van der Waals surface area (Å²) in [6, 6.07) is 6.43. The molecule has 1 atom stereocenters. The summed E-state index contributed by atoms with van der Waals surface area (Å²) in [5.74, 6) is -2.44. The second-order valence-electron chi connectivity index (χ2n) is 4.59. The minimum atomic E-state index is -2.78. The number of alkyl halides is 2. The Morgan fingerprint density at radius 3 is 2.81 bits per heavy atom. The van der Waals surface area contributed by atoms with E-state index in [1.165, 1.54) is 6.07 Å². The molecule has 0 aliphatic carbocycles. The van der Waals surface area contributed by atoms with Gasteiger partial charge in [0, 0.05) is 13.0 Å². The van der Waals surface area contributed by atoms with Crippen LogP contribution in [0.3, 0.4) is 0 Å². The van der Waals surface area contributed by atoms with Crippen molar-refractivity contribution in [1.82, 2.24) is 5.32 Å². The molecule has 1 saturated heterocycles. The van der Waals surface area contributed by atoms with Crippen LogP contribution in [0, 0.1) is 0 Å². The molecule has 1 aromatic rings. The maximum atomic E-state index is 14.0. The number of para-hydroxylation sites is 1. The molecule has 0 saturated carbocycles. The number of hydrogen-bond donors (Lipinski definition) is 1. The van der Waals surface area contributed by atoms with Gasteiger partial charge in [-0.15, -0.1) is 0 Å². The highest BCUT2D eigenvalue weighted by Gasteiger charge is 2.51. The molecule has 1 spiro atoms. The summed E-state index contributed by atoms with van der Waals surface area (Å²) in [7, 11) is 0. The molecule has 0 aromatic heterocycles. The Labute approximate surface area is 92.6 Å². The average molecular weight is 225 g/mol. The quantitative estimate of drug-likeness (QED) is 0.731. The van der Waals surface area contributed by atoms with Crippen molar-refractivity contribution in [3.8, 4) is 5.75 Å². The third kappa shape index (κ3) is 1.40. The first-order valence-corrected chi connectivity index (χ1v) is 5.48. The Balaban J connectivity index is 2.06. The summed E-state index contributed by atoms with van der Waals surface area (Å²) >= 11 is 0. The zero-order chi connectivity index (χ0) is 11.2. The molecular weight excluding hydrogens is 212 g/mol. The molecule has 0 radical (unpaired) electrons.